The number of pyridine rings is 1. The number of amides is 1. The predicted octanol–water partition coefficient (Wildman–Crippen LogP) is 0.881. The molecule has 4 rings (SSSR count). The molecule has 0 spiro atoms. The number of nitrogens with one attached hydrogen (secondary N) is 2. The molecule has 0 radical (unpaired) electrons. The summed E-state index contributed by atoms with van der Waals surface area (Å²) in [7, 11) is 0. The fourth-order valence-electron chi connectivity index (χ4n) is 3.25. The number of alkyl halides is 3. The van der Waals surface area contributed by atoms with E-state index in [1.807, 2.05) is 0 Å². The van der Waals surface area contributed by atoms with E-state index in [2.05, 4.69) is 25.3 Å². The number of carbonyl (C=O) groups excluding carboxylic acids is 1. The number of halogens is 4. The van der Waals surface area contributed by atoms with Crippen molar-refractivity contribution in [1.82, 2.24) is 29.8 Å². The number of fused-ring (bicyclic) bond motifs is 1. The highest BCUT2D eigenvalue weighted by Gasteiger charge is 2.47. The van der Waals surface area contributed by atoms with Gasteiger partial charge in [0.1, 0.15) is 18.8 Å². The molecule has 0 bridgehead atoms. The Bertz CT molecular complexity index is 1290. The maximum absolute atomic E-state index is 12.9. The first-order chi connectivity index (χ1) is 16.7. The van der Waals surface area contributed by atoms with Crippen molar-refractivity contribution in [3.05, 3.63) is 29.8 Å². The molecule has 33 heavy (non-hydrogen) atoms. The second kappa shape index (κ2) is 8.70. The van der Waals surface area contributed by atoms with Crippen molar-refractivity contribution in [1.29, 1.82) is 0 Å². The first-order valence-corrected chi connectivity index (χ1v) is 9.61. The zero-order chi connectivity index (χ0) is 26.4. The lowest BCUT2D eigenvalue weighted by Crippen LogP contribution is -2.41. The van der Waals surface area contributed by atoms with Crippen LogP contribution in [0.4, 0.5) is 19.0 Å². The highest BCUT2D eigenvalue weighted by atomic mass is 35.5. The van der Waals surface area contributed by atoms with Gasteiger partial charge in [0.15, 0.2) is 35.1 Å². The number of likely N-dealkylation sites (N-methyl/N-ethyl adjacent to an activating group) is 1. The molecule has 3 aromatic heterocycles. The predicted molar refractivity (Wildman–Crippen MR) is 108 cm³/mol. The van der Waals surface area contributed by atoms with Crippen LogP contribution >= 0.6 is 11.6 Å². The molecule has 4 atom stereocenters. The van der Waals surface area contributed by atoms with E-state index >= 15 is 0 Å². The summed E-state index contributed by atoms with van der Waals surface area (Å²) in [5, 5.41) is 24.9. The Morgan fingerprint density at radius 1 is 1.33 bits per heavy atom. The van der Waals surface area contributed by atoms with Crippen molar-refractivity contribution in [2.45, 2.75) is 30.7 Å². The van der Waals surface area contributed by atoms with Crippen LogP contribution in [0.15, 0.2) is 24.8 Å². The monoisotopic (exact) mass is 490 g/mol. The first kappa shape index (κ1) is 19.4. The number of nitrogens with zero attached hydrogens (tertiary/aromatic N) is 5. The van der Waals surface area contributed by atoms with Gasteiger partial charge in [0.2, 0.25) is 0 Å². The summed E-state index contributed by atoms with van der Waals surface area (Å²) in [6.07, 6.45) is -7.76. The molecule has 1 amide bonds. The van der Waals surface area contributed by atoms with E-state index in [1.54, 1.807) is 5.32 Å². The van der Waals surface area contributed by atoms with Crippen LogP contribution < -0.4 is 10.6 Å². The van der Waals surface area contributed by atoms with Crippen LogP contribution in [-0.4, -0.2) is 78.6 Å². The van der Waals surface area contributed by atoms with Gasteiger partial charge in [-0.15, -0.1) is 0 Å². The summed E-state index contributed by atoms with van der Waals surface area (Å²) in [6.45, 7) is -4.32. The number of aliphatic hydroxyl groups is 2. The van der Waals surface area contributed by atoms with Gasteiger partial charge in [0.25, 0.3) is 5.91 Å². The molecule has 0 aromatic carbocycles. The molecular weight excluding hydrogens is 471 g/mol. The molecular formula is C18H17ClF3N7O4. The molecule has 176 valence electrons. The SMILES string of the molecule is [2H]C([2H])([2H])NC(=O)[C@H]1O[C@@H](n2cnc3c(NCC(F)(F)F)nc(-c4cncc(Cl)c4)nc32)[C@H](O)[C@@H]1O. The van der Waals surface area contributed by atoms with Crippen molar-refractivity contribution in [2.75, 3.05) is 18.8 Å². The van der Waals surface area contributed by atoms with Gasteiger partial charge in [-0.2, -0.15) is 13.2 Å². The van der Waals surface area contributed by atoms with Crippen LogP contribution in [0.25, 0.3) is 22.6 Å². The number of hydrogen-bond donors (Lipinski definition) is 4. The fourth-order valence-corrected chi connectivity index (χ4v) is 3.42. The van der Waals surface area contributed by atoms with Crippen molar-refractivity contribution in [3.8, 4) is 11.4 Å². The van der Waals surface area contributed by atoms with E-state index in [0.29, 0.717) is 0 Å². The van der Waals surface area contributed by atoms with Crippen molar-refractivity contribution in [3.63, 3.8) is 0 Å². The number of imidazole rings is 1. The minimum Gasteiger partial charge on any atom is -0.387 e. The second-order valence-electron chi connectivity index (χ2n) is 7.00. The molecule has 1 aliphatic heterocycles. The number of anilines is 1. The minimum atomic E-state index is -4.59. The molecule has 11 nitrogen and oxygen atoms in total. The Labute approximate surface area is 192 Å². The molecule has 4 N–H and O–H groups in total. The second-order valence-corrected chi connectivity index (χ2v) is 7.43. The van der Waals surface area contributed by atoms with E-state index < -0.39 is 50.1 Å². The summed E-state index contributed by atoms with van der Waals surface area (Å²) in [6, 6.07) is 1.42. The normalized spacial score (nSPS) is 24.8. The van der Waals surface area contributed by atoms with Crippen LogP contribution in [0.1, 0.15) is 10.3 Å². The van der Waals surface area contributed by atoms with Crippen LogP contribution in [0.5, 0.6) is 0 Å². The lowest BCUT2D eigenvalue weighted by atomic mass is 10.1. The molecule has 1 saturated heterocycles. The zero-order valence-electron chi connectivity index (χ0n) is 19.3. The molecule has 0 unspecified atom stereocenters. The average Bonchev–Trinajstić information content (AvgIpc) is 3.31. The summed E-state index contributed by atoms with van der Waals surface area (Å²) in [5.41, 5.74) is -0.0217. The molecule has 0 aliphatic carbocycles. The van der Waals surface area contributed by atoms with Gasteiger partial charge >= 0.3 is 6.18 Å². The van der Waals surface area contributed by atoms with Gasteiger partial charge in [0, 0.05) is 29.0 Å². The van der Waals surface area contributed by atoms with Crippen LogP contribution in [0, 0.1) is 0 Å². The molecule has 1 fully saturated rings. The average molecular weight is 491 g/mol. The molecule has 3 aromatic rings. The van der Waals surface area contributed by atoms with Crippen molar-refractivity contribution >= 4 is 34.5 Å². The number of aromatic nitrogens is 5. The number of carbonyl (C=O) groups is 1. The van der Waals surface area contributed by atoms with E-state index in [4.69, 9.17) is 20.5 Å². The Kier molecular flexibility index (Phi) is 5.12. The first-order valence-electron chi connectivity index (χ1n) is 10.7. The van der Waals surface area contributed by atoms with Gasteiger partial charge in [-0.3, -0.25) is 14.3 Å². The summed E-state index contributed by atoms with van der Waals surface area (Å²) in [4.78, 5) is 28.5. The third kappa shape index (κ3) is 4.55. The van der Waals surface area contributed by atoms with E-state index in [0.717, 1.165) is 10.9 Å². The van der Waals surface area contributed by atoms with Crippen molar-refractivity contribution in [2.24, 2.45) is 0 Å². The van der Waals surface area contributed by atoms with Gasteiger partial charge in [-0.25, -0.2) is 15.0 Å². The molecule has 1 aliphatic rings. The largest absolute Gasteiger partial charge is 0.405 e. The Balaban J connectivity index is 1.77. The Hall–Kier alpha value is -3.07. The number of aliphatic hydroxyl groups excluding tert-OH is 2. The van der Waals surface area contributed by atoms with Gasteiger partial charge < -0.3 is 25.6 Å². The number of rotatable bonds is 5. The van der Waals surface area contributed by atoms with Crippen LogP contribution in [-0.2, 0) is 9.53 Å². The number of ether oxygens (including phenoxy) is 1. The van der Waals surface area contributed by atoms with E-state index in [-0.39, 0.29) is 33.4 Å². The third-order valence-corrected chi connectivity index (χ3v) is 4.94. The third-order valence-electron chi connectivity index (χ3n) is 4.73. The zero-order valence-corrected chi connectivity index (χ0v) is 17.0. The smallest absolute Gasteiger partial charge is 0.387 e. The van der Waals surface area contributed by atoms with Crippen LogP contribution in [0.2, 0.25) is 5.02 Å². The lowest BCUT2D eigenvalue weighted by molar-refractivity contribution is -0.137. The molecule has 15 heteroatoms. The summed E-state index contributed by atoms with van der Waals surface area (Å²) < 4.78 is 66.6. The highest BCUT2D eigenvalue weighted by molar-refractivity contribution is 6.30. The number of hydrogen-bond acceptors (Lipinski definition) is 9. The van der Waals surface area contributed by atoms with E-state index in [1.165, 1.54) is 18.5 Å². The van der Waals surface area contributed by atoms with Crippen LogP contribution in [0.3, 0.4) is 0 Å². The summed E-state index contributed by atoms with van der Waals surface area (Å²) >= 11 is 5.96. The maximum Gasteiger partial charge on any atom is 0.405 e. The Morgan fingerprint density at radius 2 is 2.12 bits per heavy atom. The quantitative estimate of drug-likeness (QED) is 0.409. The highest BCUT2D eigenvalue weighted by Crippen LogP contribution is 2.34. The maximum atomic E-state index is 12.9. The van der Waals surface area contributed by atoms with Crippen molar-refractivity contribution < 1.29 is 37.0 Å². The summed E-state index contributed by atoms with van der Waals surface area (Å²) in [5.74, 6) is -1.62. The minimum absolute atomic E-state index is 0.103. The van der Waals surface area contributed by atoms with Gasteiger partial charge in [-0.05, 0) is 6.07 Å². The molecule has 4 heterocycles. The van der Waals surface area contributed by atoms with Gasteiger partial charge in [0.05, 0.1) is 11.3 Å². The van der Waals surface area contributed by atoms with Gasteiger partial charge in [-0.1, -0.05) is 11.6 Å². The Morgan fingerprint density at radius 3 is 2.82 bits per heavy atom. The lowest BCUT2D eigenvalue weighted by Gasteiger charge is -2.17. The van der Waals surface area contributed by atoms with E-state index in [9.17, 15) is 28.2 Å². The fraction of sp³-hybridized carbons (Fsp3) is 0.389. The topological polar surface area (TPSA) is 147 Å². The molecule has 0 saturated carbocycles. The standard InChI is InChI=1S/C18H17ClF3N7O4/c1-23-16(32)12-10(30)11(31)17(33-12)29-6-26-9-14(25-5-18(20,21)22)27-13(28-15(9)29)7-2-8(19)4-24-3-7/h2-4,6,10-12,17,30-31H,5H2,1H3,(H,23,32)(H,25,27,28)/t10-,11+,12-,17+/m0/s1/i1D3.